The fourth-order valence-corrected chi connectivity index (χ4v) is 44.9. The number of carbonyl (C=O) groups is 3. The zero-order valence-electron chi connectivity index (χ0n) is 63.5. The highest BCUT2D eigenvalue weighted by atomic mass is 16.2. The van der Waals surface area contributed by atoms with E-state index in [-0.39, 0.29) is 34.8 Å². The van der Waals surface area contributed by atoms with Gasteiger partial charge in [0.2, 0.25) is 17.5 Å². The van der Waals surface area contributed by atoms with Gasteiger partial charge in [-0.3, -0.25) is 14.4 Å². The number of ketones is 2. The summed E-state index contributed by atoms with van der Waals surface area (Å²) >= 11 is 0. The van der Waals surface area contributed by atoms with Crippen LogP contribution in [-0.4, -0.2) is 17.5 Å². The summed E-state index contributed by atoms with van der Waals surface area (Å²) in [5, 5.41) is 3.41. The van der Waals surface area contributed by atoms with Gasteiger partial charge in [0.05, 0.1) is 11.4 Å². The highest BCUT2D eigenvalue weighted by Gasteiger charge is 2.90. The second-order valence-electron chi connectivity index (χ2n) is 45.7. The van der Waals surface area contributed by atoms with Crippen LogP contribution in [0.2, 0.25) is 0 Å². The molecule has 0 aromatic rings. The van der Waals surface area contributed by atoms with Crippen molar-refractivity contribution >= 4 is 17.5 Å². The van der Waals surface area contributed by atoms with Crippen LogP contribution in [0.15, 0.2) is 23.5 Å². The molecule has 23 saturated carbocycles. The third-order valence-corrected chi connectivity index (χ3v) is 46.4. The molecule has 0 spiro atoms. The van der Waals surface area contributed by atoms with E-state index in [1.807, 2.05) is 0 Å². The van der Waals surface area contributed by atoms with Crippen LogP contribution in [0.4, 0.5) is 0 Å². The molecule has 3 N–H and O–H groups in total. The molecule has 98 heavy (non-hydrogen) atoms. The second kappa shape index (κ2) is 19.4. The first-order valence-corrected chi connectivity index (χ1v) is 44.6. The summed E-state index contributed by atoms with van der Waals surface area (Å²) in [4.78, 5) is 44.0. The number of carbonyl (C=O) groups excluding carboxylic acids is 3. The number of allylic oxidation sites excluding steroid dienone is 2. The predicted octanol–water partition coefficient (Wildman–Crippen LogP) is 17.7. The molecule has 0 aromatic carbocycles. The molecule has 61 atom stereocenters. The molecule has 0 aliphatic heterocycles. The summed E-state index contributed by atoms with van der Waals surface area (Å²) in [6, 6.07) is 0. The third-order valence-electron chi connectivity index (χ3n) is 46.4. The summed E-state index contributed by atoms with van der Waals surface area (Å²) in [6.45, 7) is 46.5. The second-order valence-corrected chi connectivity index (χ2v) is 45.7. The van der Waals surface area contributed by atoms with Crippen molar-refractivity contribution in [1.82, 2.24) is 5.32 Å². The predicted molar refractivity (Wildman–Crippen MR) is 384 cm³/mol. The van der Waals surface area contributed by atoms with Gasteiger partial charge in [-0.05, 0) is 406 Å². The van der Waals surface area contributed by atoms with Crippen LogP contribution in [0.25, 0.3) is 0 Å². The van der Waals surface area contributed by atoms with E-state index in [1.165, 1.54) is 37.8 Å². The first kappa shape index (κ1) is 61.3. The third kappa shape index (κ3) is 6.39. The van der Waals surface area contributed by atoms with Crippen molar-refractivity contribution in [2.24, 2.45) is 367 Å². The number of hydrogen-bond acceptors (Lipinski definition) is 4. The maximum Gasteiger partial charge on any atom is 0.227 e. The van der Waals surface area contributed by atoms with Gasteiger partial charge in [0, 0.05) is 18.1 Å². The van der Waals surface area contributed by atoms with Crippen LogP contribution < -0.4 is 11.1 Å². The maximum absolute atomic E-state index is 16.5. The number of rotatable bonds is 2. The molecule has 0 saturated heterocycles. The lowest BCUT2D eigenvalue weighted by Crippen LogP contribution is -2.87. The van der Waals surface area contributed by atoms with Crippen LogP contribution in [-0.2, 0) is 14.4 Å². The molecule has 0 heterocycles. The van der Waals surface area contributed by atoms with E-state index >= 15 is 4.79 Å². The van der Waals surface area contributed by atoms with Gasteiger partial charge in [0.1, 0.15) is 0 Å². The molecular weight excluding hydrogens is 1190 g/mol. The summed E-state index contributed by atoms with van der Waals surface area (Å²) in [5.74, 6) is 50.5. The number of amides is 1. The Kier molecular flexibility index (Phi) is 12.2. The molecule has 1 amide bonds. The Morgan fingerprint density at radius 1 is 0.276 bits per heavy atom. The van der Waals surface area contributed by atoms with Crippen molar-refractivity contribution in [1.29, 1.82) is 0 Å². The van der Waals surface area contributed by atoms with Gasteiger partial charge >= 0.3 is 0 Å². The van der Waals surface area contributed by atoms with Gasteiger partial charge in [-0.1, -0.05) is 117 Å². The normalized spacial score (nSPS) is 72.1. The molecular formula is C93H132N2O3. The largest absolute Gasteiger partial charge is 0.395 e. The Bertz CT molecular complexity index is 3530. The van der Waals surface area contributed by atoms with Gasteiger partial charge in [-0.25, -0.2) is 0 Å². The Morgan fingerprint density at radius 2 is 0.551 bits per heavy atom. The Labute approximate surface area is 592 Å². The zero-order valence-corrected chi connectivity index (χ0v) is 63.5. The van der Waals surface area contributed by atoms with E-state index in [1.54, 1.807) is 25.7 Å². The molecule has 0 aromatic heterocycles. The van der Waals surface area contributed by atoms with Gasteiger partial charge in [0.15, 0.2) is 0 Å². The fourth-order valence-electron chi connectivity index (χ4n) is 44.9. The monoisotopic (exact) mass is 1330 g/mol. The first-order valence-electron chi connectivity index (χ1n) is 44.6. The molecule has 24 rings (SSSR count). The average molecular weight is 1330 g/mol. The van der Waals surface area contributed by atoms with E-state index in [0.29, 0.717) is 53.3 Å². The van der Waals surface area contributed by atoms with Crippen molar-refractivity contribution in [3.63, 3.8) is 0 Å². The van der Waals surface area contributed by atoms with E-state index in [4.69, 9.17) is 5.73 Å². The van der Waals surface area contributed by atoms with Crippen molar-refractivity contribution in [3.05, 3.63) is 23.5 Å². The molecule has 24 aliphatic carbocycles. The smallest absolute Gasteiger partial charge is 0.227 e. The molecule has 24 aliphatic rings. The lowest BCUT2D eigenvalue weighted by Gasteiger charge is -2.90. The van der Waals surface area contributed by atoms with Crippen molar-refractivity contribution in [2.75, 3.05) is 0 Å². The summed E-state index contributed by atoms with van der Waals surface area (Å²) in [6.07, 6.45) is 15.8. The van der Waals surface area contributed by atoms with Gasteiger partial charge in [-0.15, -0.1) is 0 Å². The van der Waals surface area contributed by atoms with E-state index in [0.717, 1.165) is 308 Å². The minimum absolute atomic E-state index is 0.00185. The Morgan fingerprint density at radius 3 is 0.949 bits per heavy atom. The van der Waals surface area contributed by atoms with Gasteiger partial charge in [0.25, 0.3) is 0 Å². The fraction of sp³-hybridized carbons (Fsp3) is 0.925. The first-order chi connectivity index (χ1) is 47.1. The maximum atomic E-state index is 16.5. The van der Waals surface area contributed by atoms with Gasteiger partial charge < -0.3 is 11.1 Å². The highest BCUT2D eigenvalue weighted by molar-refractivity contribution is 6.20. The molecule has 0 radical (unpaired) electrons. The number of nitrogens with two attached hydrogens (primary N) is 1. The molecule has 23 fully saturated rings. The quantitative estimate of drug-likeness (QED) is 0.270. The molecule has 532 valence electrons. The highest BCUT2D eigenvalue weighted by Crippen LogP contribution is 2.93. The minimum Gasteiger partial charge on any atom is -0.395 e. The molecule has 0 bridgehead atoms. The van der Waals surface area contributed by atoms with Crippen LogP contribution in [0.3, 0.4) is 0 Å². The zero-order chi connectivity index (χ0) is 66.6. The molecule has 5 nitrogen and oxygen atoms in total. The van der Waals surface area contributed by atoms with E-state index < -0.39 is 0 Å². The van der Waals surface area contributed by atoms with Crippen molar-refractivity contribution in [2.45, 2.75) is 169 Å². The van der Waals surface area contributed by atoms with Crippen LogP contribution in [0.1, 0.15) is 169 Å². The van der Waals surface area contributed by atoms with Crippen molar-refractivity contribution in [3.8, 4) is 0 Å². The van der Waals surface area contributed by atoms with E-state index in [2.05, 4.69) is 116 Å². The average Bonchev–Trinajstić information content (AvgIpc) is 0.616. The lowest BCUT2D eigenvalue weighted by atomic mass is 9.14. The Hall–Kier alpha value is -1.91. The number of hydrogen-bond donors (Lipinski definition) is 2. The SMILES string of the molecule is CC1CCC2C(C1C)C1C(C)C(C)C3C4C(C)C(C)C5C6C(C)C(C)CC7CCC8C(C76)C6C5C4C4C5C3C1C1C2C2CCC3CC(C)C(C)C7C3C2C2C3C7C(C)C(C)C7C9C(C)C(C)C%10C%11C(C)C(C)CC(C(=O)NC%12=CC(=O)C(N)=CC%12=O)C%11C8C8C%10C9C(C(C73)C5C12)C4C68. The van der Waals surface area contributed by atoms with Crippen LogP contribution in [0, 0.1) is 361 Å². The number of fused-ring (bicyclic) bond motifs is 12. The topological polar surface area (TPSA) is 89.3 Å². The molecule has 61 unspecified atom stereocenters. The Balaban J connectivity index is 0.794. The minimum atomic E-state index is -0.335. The lowest BCUT2D eigenvalue weighted by molar-refractivity contribution is -0.433. The van der Waals surface area contributed by atoms with Crippen LogP contribution in [0.5, 0.6) is 0 Å². The summed E-state index contributed by atoms with van der Waals surface area (Å²) in [5.41, 5.74) is 6.37. The number of nitrogens with one attached hydrogen (secondary N) is 1. The standard InChI is InChI=1S/C93H132N2O3/c1-28-17-20-46-54(32(28)5)58-36(9)37(10)62-63-41(14)39(12)60-56-34(7)30(3)24-45-19-22-48-70(67(45)56)83-75(60)79(63)87-85-77(62)73(58)81-68(46)47-21-18-44-23-29(2)33(6)55-59-38(11)42(15)64-65-43(16)40(13)61-57-35(8)31(4)25-49(93(98)95-51-27-52(96)50(94)26-53(51)97)72(57)71(48)84-76(61)80(65)88(92(87)90(83)84)86-78(64)74(59)82(69(47)66(44)55)89(81)91(85)86/h26-49,54-92H,17-25,94H2,1-16H3,(H,95,98). The summed E-state index contributed by atoms with van der Waals surface area (Å²) < 4.78 is 0. The van der Waals surface area contributed by atoms with E-state index in [9.17, 15) is 9.59 Å². The van der Waals surface area contributed by atoms with Crippen LogP contribution >= 0.6 is 0 Å². The van der Waals surface area contributed by atoms with Gasteiger partial charge in [-0.2, -0.15) is 0 Å². The molecule has 5 heteroatoms. The summed E-state index contributed by atoms with van der Waals surface area (Å²) in [7, 11) is 0. The van der Waals surface area contributed by atoms with Crippen molar-refractivity contribution < 1.29 is 14.4 Å².